The Morgan fingerprint density at radius 3 is 2.59 bits per heavy atom. The Bertz CT molecular complexity index is 337. The quantitative estimate of drug-likeness (QED) is 0.769. The third-order valence-corrected chi connectivity index (χ3v) is 4.96. The molecule has 2 aliphatic rings. The van der Waals surface area contributed by atoms with Crippen LogP contribution in [0.5, 0.6) is 0 Å². The first-order valence-corrected chi connectivity index (χ1v) is 8.02. The second-order valence-corrected chi connectivity index (χ2v) is 6.79. The minimum Gasteiger partial charge on any atom is -0.391 e. The highest BCUT2D eigenvalue weighted by Gasteiger charge is 2.29. The second kappa shape index (κ2) is 5.65. The minimum atomic E-state index is -3.33. The molecule has 0 spiro atoms. The number of aliphatic hydroxyl groups is 1. The van der Waals surface area contributed by atoms with Gasteiger partial charge in [-0.1, -0.05) is 12.8 Å². The number of hydrogen-bond acceptors (Lipinski definition) is 4. The Hall–Kier alpha value is -0.170. The first-order valence-electron chi connectivity index (χ1n) is 6.36. The van der Waals surface area contributed by atoms with Crippen molar-refractivity contribution in [2.75, 3.05) is 12.4 Å². The van der Waals surface area contributed by atoms with Gasteiger partial charge in [0.15, 0.2) is 0 Å². The molecule has 2 N–H and O–H groups in total. The van der Waals surface area contributed by atoms with Crippen LogP contribution in [-0.4, -0.2) is 44.1 Å². The Morgan fingerprint density at radius 2 is 1.94 bits per heavy atom. The number of rotatable bonds is 4. The monoisotopic (exact) mass is 263 g/mol. The SMILES string of the molecule is O=S(=O)(CC1CCCO1)NC1CCCCC1O. The van der Waals surface area contributed by atoms with E-state index in [0.717, 1.165) is 32.1 Å². The molecule has 0 bridgehead atoms. The van der Waals surface area contributed by atoms with Crippen molar-refractivity contribution in [3.63, 3.8) is 0 Å². The predicted octanol–water partition coefficient (Wildman–Crippen LogP) is 0.388. The van der Waals surface area contributed by atoms with Crippen molar-refractivity contribution in [1.82, 2.24) is 4.72 Å². The Labute approximate surface area is 103 Å². The van der Waals surface area contributed by atoms with E-state index in [4.69, 9.17) is 4.74 Å². The molecule has 1 aliphatic carbocycles. The molecule has 2 rings (SSSR count). The molecule has 6 heteroatoms. The number of aliphatic hydroxyl groups excluding tert-OH is 1. The van der Waals surface area contributed by atoms with E-state index in [9.17, 15) is 13.5 Å². The van der Waals surface area contributed by atoms with E-state index in [-0.39, 0.29) is 17.9 Å². The number of hydrogen-bond donors (Lipinski definition) is 2. The van der Waals surface area contributed by atoms with Gasteiger partial charge in [-0.25, -0.2) is 13.1 Å². The van der Waals surface area contributed by atoms with Crippen LogP contribution in [0.15, 0.2) is 0 Å². The topological polar surface area (TPSA) is 75.6 Å². The lowest BCUT2D eigenvalue weighted by molar-refractivity contribution is 0.100. The lowest BCUT2D eigenvalue weighted by Crippen LogP contribution is -2.46. The van der Waals surface area contributed by atoms with E-state index in [2.05, 4.69) is 4.72 Å². The lowest BCUT2D eigenvalue weighted by atomic mass is 9.93. The van der Waals surface area contributed by atoms with Gasteiger partial charge in [-0.15, -0.1) is 0 Å². The van der Waals surface area contributed by atoms with Crippen LogP contribution in [-0.2, 0) is 14.8 Å². The maximum absolute atomic E-state index is 11.9. The van der Waals surface area contributed by atoms with Gasteiger partial charge >= 0.3 is 0 Å². The van der Waals surface area contributed by atoms with Crippen LogP contribution in [0.25, 0.3) is 0 Å². The highest BCUT2D eigenvalue weighted by atomic mass is 32.2. The van der Waals surface area contributed by atoms with Crippen molar-refractivity contribution in [2.24, 2.45) is 0 Å². The fraction of sp³-hybridized carbons (Fsp3) is 1.00. The zero-order chi connectivity index (χ0) is 12.3. The molecule has 0 aromatic rings. The molecular formula is C11H21NO4S. The molecule has 2 fully saturated rings. The van der Waals surface area contributed by atoms with E-state index in [1.54, 1.807) is 0 Å². The third kappa shape index (κ3) is 3.91. The van der Waals surface area contributed by atoms with Gasteiger partial charge in [0.1, 0.15) is 0 Å². The van der Waals surface area contributed by atoms with Gasteiger partial charge in [0, 0.05) is 12.6 Å². The van der Waals surface area contributed by atoms with Crippen LogP contribution in [0.1, 0.15) is 38.5 Å². The van der Waals surface area contributed by atoms with Crippen LogP contribution in [0.4, 0.5) is 0 Å². The first kappa shape index (κ1) is 13.3. The summed E-state index contributed by atoms with van der Waals surface area (Å²) in [5.41, 5.74) is 0. The van der Waals surface area contributed by atoms with Crippen molar-refractivity contribution < 1.29 is 18.3 Å². The molecule has 5 nitrogen and oxygen atoms in total. The van der Waals surface area contributed by atoms with Crippen LogP contribution in [0.3, 0.4) is 0 Å². The summed E-state index contributed by atoms with van der Waals surface area (Å²) in [5, 5.41) is 9.73. The highest BCUT2D eigenvalue weighted by Crippen LogP contribution is 2.20. The van der Waals surface area contributed by atoms with E-state index >= 15 is 0 Å². The number of nitrogens with one attached hydrogen (secondary N) is 1. The highest BCUT2D eigenvalue weighted by molar-refractivity contribution is 7.89. The van der Waals surface area contributed by atoms with E-state index in [1.807, 2.05) is 0 Å². The number of ether oxygens (including phenoxy) is 1. The molecule has 0 aromatic carbocycles. The van der Waals surface area contributed by atoms with E-state index in [0.29, 0.717) is 13.0 Å². The smallest absolute Gasteiger partial charge is 0.214 e. The molecular weight excluding hydrogens is 242 g/mol. The molecule has 100 valence electrons. The zero-order valence-electron chi connectivity index (χ0n) is 9.97. The Kier molecular flexibility index (Phi) is 4.41. The minimum absolute atomic E-state index is 0.0240. The molecule has 1 saturated carbocycles. The average Bonchev–Trinajstić information content (AvgIpc) is 2.73. The maximum Gasteiger partial charge on any atom is 0.214 e. The third-order valence-electron chi connectivity index (χ3n) is 3.49. The summed E-state index contributed by atoms with van der Waals surface area (Å²) >= 11 is 0. The van der Waals surface area contributed by atoms with Gasteiger partial charge in [-0.05, 0) is 25.7 Å². The van der Waals surface area contributed by atoms with Crippen LogP contribution >= 0.6 is 0 Å². The molecule has 17 heavy (non-hydrogen) atoms. The molecule has 0 aromatic heterocycles. The molecule has 0 radical (unpaired) electrons. The number of sulfonamides is 1. The van der Waals surface area contributed by atoms with Crippen LogP contribution in [0.2, 0.25) is 0 Å². The summed E-state index contributed by atoms with van der Waals surface area (Å²) in [4.78, 5) is 0. The fourth-order valence-corrected chi connectivity index (χ4v) is 4.13. The lowest BCUT2D eigenvalue weighted by Gasteiger charge is -2.28. The van der Waals surface area contributed by atoms with Gasteiger partial charge in [0.25, 0.3) is 0 Å². The van der Waals surface area contributed by atoms with Gasteiger partial charge in [0.2, 0.25) is 10.0 Å². The standard InChI is InChI=1S/C11H21NO4S/c13-11-6-2-1-5-10(11)12-17(14,15)8-9-4-3-7-16-9/h9-13H,1-8H2. The summed E-state index contributed by atoms with van der Waals surface area (Å²) in [5.74, 6) is 0.0240. The largest absolute Gasteiger partial charge is 0.391 e. The average molecular weight is 263 g/mol. The molecule has 1 saturated heterocycles. The normalized spacial score (nSPS) is 35.0. The fourth-order valence-electron chi connectivity index (χ4n) is 2.55. The molecule has 3 unspecified atom stereocenters. The molecule has 0 amide bonds. The van der Waals surface area contributed by atoms with Gasteiger partial charge in [-0.3, -0.25) is 0 Å². The molecule has 1 aliphatic heterocycles. The van der Waals surface area contributed by atoms with Crippen LogP contribution in [0, 0.1) is 0 Å². The Balaban J connectivity index is 1.87. The second-order valence-electron chi connectivity index (χ2n) is 4.99. The van der Waals surface area contributed by atoms with Crippen molar-refractivity contribution in [2.45, 2.75) is 56.8 Å². The summed E-state index contributed by atoms with van der Waals surface area (Å²) in [6, 6.07) is -0.310. The van der Waals surface area contributed by atoms with Crippen molar-refractivity contribution in [3.05, 3.63) is 0 Å². The first-order chi connectivity index (χ1) is 8.07. The Morgan fingerprint density at radius 1 is 1.18 bits per heavy atom. The molecule has 1 heterocycles. The van der Waals surface area contributed by atoms with Crippen molar-refractivity contribution in [3.8, 4) is 0 Å². The summed E-state index contributed by atoms with van der Waals surface area (Å²) < 4.78 is 31.7. The van der Waals surface area contributed by atoms with Gasteiger partial charge < -0.3 is 9.84 Å². The molecule has 3 atom stereocenters. The maximum atomic E-state index is 11.9. The zero-order valence-corrected chi connectivity index (χ0v) is 10.8. The summed E-state index contributed by atoms with van der Waals surface area (Å²) in [6.45, 7) is 0.659. The van der Waals surface area contributed by atoms with Gasteiger partial charge in [0.05, 0.1) is 18.0 Å². The van der Waals surface area contributed by atoms with E-state index in [1.165, 1.54) is 0 Å². The van der Waals surface area contributed by atoms with Gasteiger partial charge in [-0.2, -0.15) is 0 Å². The summed E-state index contributed by atoms with van der Waals surface area (Å²) in [6.07, 6.45) is 4.41. The summed E-state index contributed by atoms with van der Waals surface area (Å²) in [7, 11) is -3.33. The predicted molar refractivity (Wildman–Crippen MR) is 64.2 cm³/mol. The van der Waals surface area contributed by atoms with Crippen molar-refractivity contribution >= 4 is 10.0 Å². The van der Waals surface area contributed by atoms with E-state index < -0.39 is 16.1 Å². The van der Waals surface area contributed by atoms with Crippen molar-refractivity contribution in [1.29, 1.82) is 0 Å². The van der Waals surface area contributed by atoms with Crippen LogP contribution < -0.4 is 4.72 Å².